The fourth-order valence-corrected chi connectivity index (χ4v) is 4.46. The van der Waals surface area contributed by atoms with Gasteiger partial charge in [0, 0.05) is 70.0 Å². The molecule has 1 N–H and O–H groups in total. The van der Waals surface area contributed by atoms with Crippen molar-refractivity contribution in [2.24, 2.45) is 14.1 Å². The molecule has 168 valence electrons. The summed E-state index contributed by atoms with van der Waals surface area (Å²) in [5.74, 6) is 0. The van der Waals surface area contributed by atoms with Crippen LogP contribution in [0.2, 0.25) is 5.02 Å². The molecule has 0 aliphatic heterocycles. The van der Waals surface area contributed by atoms with Gasteiger partial charge in [0.1, 0.15) is 11.8 Å². The zero-order chi connectivity index (χ0) is 23.5. The quantitative estimate of drug-likeness (QED) is 0.390. The van der Waals surface area contributed by atoms with E-state index in [0.717, 1.165) is 21.4 Å². The largest absolute Gasteiger partial charge is 0.384 e. The number of nitrogens with zero attached hydrogens (tertiary/aromatic N) is 4. The molecule has 1 aromatic carbocycles. The van der Waals surface area contributed by atoms with Crippen LogP contribution in [-0.4, -0.2) is 24.2 Å². The van der Waals surface area contributed by atoms with Crippen LogP contribution in [0.3, 0.4) is 0 Å². The maximum Gasteiger partial charge on any atom is 0.252 e. The minimum absolute atomic E-state index is 0.109. The lowest BCUT2D eigenvalue weighted by atomic mass is 10.0. The third kappa shape index (κ3) is 5.06. The molecule has 0 bridgehead atoms. The first-order chi connectivity index (χ1) is 15.8. The van der Waals surface area contributed by atoms with E-state index in [2.05, 4.69) is 9.97 Å². The second-order valence-corrected chi connectivity index (χ2v) is 9.41. The number of aliphatic hydroxyl groups excluding tert-OH is 1. The highest BCUT2D eigenvalue weighted by atomic mass is 35.5. The molecule has 8 heteroatoms. The number of benzene rings is 1. The minimum Gasteiger partial charge on any atom is -0.384 e. The van der Waals surface area contributed by atoms with Gasteiger partial charge in [-0.2, -0.15) is 0 Å². The lowest BCUT2D eigenvalue weighted by Crippen LogP contribution is -2.17. The summed E-state index contributed by atoms with van der Waals surface area (Å²) in [5.41, 5.74) is 2.72. The molecule has 0 aliphatic rings. The average Bonchev–Trinajstić information content (AvgIpc) is 3.47. The highest BCUT2D eigenvalue weighted by Gasteiger charge is 2.16. The highest BCUT2D eigenvalue weighted by Crippen LogP contribution is 2.33. The Morgan fingerprint density at radius 3 is 2.39 bits per heavy atom. The van der Waals surface area contributed by atoms with Crippen molar-refractivity contribution in [3.63, 3.8) is 0 Å². The number of halogens is 1. The number of aromatic nitrogens is 4. The van der Waals surface area contributed by atoms with Gasteiger partial charge in [0.2, 0.25) is 0 Å². The van der Waals surface area contributed by atoms with Gasteiger partial charge in [-0.25, -0.2) is 9.97 Å². The number of aliphatic hydroxyl groups is 1. The van der Waals surface area contributed by atoms with Crippen molar-refractivity contribution < 1.29 is 5.11 Å². The monoisotopic (exact) mass is 478 g/mol. The maximum absolute atomic E-state index is 12.4. The first-order valence-electron chi connectivity index (χ1n) is 10.3. The third-order valence-electron chi connectivity index (χ3n) is 5.24. The Bertz CT molecular complexity index is 1440. The van der Waals surface area contributed by atoms with Crippen LogP contribution in [-0.2, 0) is 14.1 Å². The number of thiophene rings is 1. The number of pyridine rings is 2. The number of rotatable bonds is 3. The molecule has 0 amide bonds. The van der Waals surface area contributed by atoms with Gasteiger partial charge in [0.15, 0.2) is 0 Å². The maximum atomic E-state index is 12.4. The van der Waals surface area contributed by atoms with Gasteiger partial charge in [-0.15, -0.1) is 11.3 Å². The van der Waals surface area contributed by atoms with Gasteiger partial charge >= 0.3 is 0 Å². The molecule has 0 fully saturated rings. The SMILES string of the molecule is Cc1ccc(-c2cc(=O)n(C)c3ncc(C(O)c4ccc(Cl)cc4)cc23)s1.Cn1ccnc1. The third-order valence-corrected chi connectivity index (χ3v) is 6.52. The van der Waals surface area contributed by atoms with Crippen LogP contribution in [0.1, 0.15) is 22.1 Å². The summed E-state index contributed by atoms with van der Waals surface area (Å²) >= 11 is 7.57. The van der Waals surface area contributed by atoms with Crippen LogP contribution in [0.4, 0.5) is 0 Å². The molecule has 5 rings (SSSR count). The molecule has 0 radical (unpaired) electrons. The van der Waals surface area contributed by atoms with Crippen LogP contribution in [0, 0.1) is 6.92 Å². The number of imidazole rings is 1. The number of aryl methyl sites for hydroxylation is 3. The number of hydrogen-bond donors (Lipinski definition) is 1. The van der Waals surface area contributed by atoms with Crippen molar-refractivity contribution in [2.45, 2.75) is 13.0 Å². The van der Waals surface area contributed by atoms with Gasteiger partial charge < -0.3 is 9.67 Å². The predicted molar refractivity (Wildman–Crippen MR) is 134 cm³/mol. The smallest absolute Gasteiger partial charge is 0.252 e. The first-order valence-corrected chi connectivity index (χ1v) is 11.4. The van der Waals surface area contributed by atoms with Gasteiger partial charge in [-0.3, -0.25) is 9.36 Å². The van der Waals surface area contributed by atoms with E-state index in [1.807, 2.05) is 42.9 Å². The molecule has 0 aliphatic carbocycles. The van der Waals surface area contributed by atoms with Gasteiger partial charge in [0.05, 0.1) is 6.33 Å². The summed E-state index contributed by atoms with van der Waals surface area (Å²) < 4.78 is 3.41. The van der Waals surface area contributed by atoms with E-state index in [-0.39, 0.29) is 5.56 Å². The standard InChI is InChI=1S/C21H17ClN2O2S.C4H6N2/c1-12-3-8-18(27-12)16-10-19(25)24(2)21-17(16)9-14(11-23-21)20(26)13-4-6-15(22)7-5-13;1-6-3-2-5-4-6/h3-11,20,26H,1-2H3;2-4H,1H3. The van der Waals surface area contributed by atoms with Crippen molar-refractivity contribution in [1.29, 1.82) is 0 Å². The summed E-state index contributed by atoms with van der Waals surface area (Å²) in [4.78, 5) is 22.8. The Kier molecular flexibility index (Phi) is 6.74. The van der Waals surface area contributed by atoms with Crippen molar-refractivity contribution in [3.8, 4) is 10.4 Å². The van der Waals surface area contributed by atoms with Crippen molar-refractivity contribution >= 4 is 34.0 Å². The average molecular weight is 479 g/mol. The molecule has 6 nitrogen and oxygen atoms in total. The van der Waals surface area contributed by atoms with Gasteiger partial charge in [0.25, 0.3) is 5.56 Å². The van der Waals surface area contributed by atoms with Crippen molar-refractivity contribution in [1.82, 2.24) is 19.1 Å². The minimum atomic E-state index is -0.825. The summed E-state index contributed by atoms with van der Waals surface area (Å²) in [6.07, 6.45) is 6.18. The molecule has 4 aromatic heterocycles. The highest BCUT2D eigenvalue weighted by molar-refractivity contribution is 7.15. The Hall–Kier alpha value is -3.26. The van der Waals surface area contributed by atoms with E-state index in [4.69, 9.17) is 11.6 Å². The van der Waals surface area contributed by atoms with Crippen LogP contribution < -0.4 is 5.56 Å². The zero-order valence-electron chi connectivity index (χ0n) is 18.4. The second-order valence-electron chi connectivity index (χ2n) is 7.69. The normalized spacial score (nSPS) is 11.8. The van der Waals surface area contributed by atoms with E-state index in [1.165, 1.54) is 9.44 Å². The molecule has 1 unspecified atom stereocenters. The summed E-state index contributed by atoms with van der Waals surface area (Å²) in [7, 11) is 3.64. The van der Waals surface area contributed by atoms with E-state index in [9.17, 15) is 9.90 Å². The molecule has 0 saturated heterocycles. The van der Waals surface area contributed by atoms with Gasteiger partial charge in [-0.1, -0.05) is 23.7 Å². The van der Waals surface area contributed by atoms with E-state index in [0.29, 0.717) is 16.2 Å². The summed E-state index contributed by atoms with van der Waals surface area (Å²) in [6, 6.07) is 14.7. The van der Waals surface area contributed by atoms with E-state index >= 15 is 0 Å². The molecule has 4 heterocycles. The van der Waals surface area contributed by atoms with Crippen LogP contribution in [0.25, 0.3) is 21.5 Å². The molecule has 0 saturated carbocycles. The molecule has 5 aromatic rings. The second kappa shape index (κ2) is 9.70. The number of fused-ring (bicyclic) bond motifs is 1. The fraction of sp³-hybridized carbons (Fsp3) is 0.160. The molecule has 0 spiro atoms. The summed E-state index contributed by atoms with van der Waals surface area (Å²) in [6.45, 7) is 2.03. The Morgan fingerprint density at radius 1 is 1.06 bits per heavy atom. The zero-order valence-corrected chi connectivity index (χ0v) is 20.0. The van der Waals surface area contributed by atoms with Crippen LogP contribution >= 0.6 is 22.9 Å². The first kappa shape index (κ1) is 22.9. The van der Waals surface area contributed by atoms with Gasteiger partial charge in [-0.05, 0) is 42.8 Å². The Balaban J connectivity index is 0.000000376. The lowest BCUT2D eigenvalue weighted by Gasteiger charge is -2.14. The van der Waals surface area contributed by atoms with E-state index in [1.54, 1.807) is 67.4 Å². The van der Waals surface area contributed by atoms with Crippen LogP contribution in [0.5, 0.6) is 0 Å². The lowest BCUT2D eigenvalue weighted by molar-refractivity contribution is 0.220. The van der Waals surface area contributed by atoms with Crippen molar-refractivity contribution in [3.05, 3.63) is 105 Å². The Morgan fingerprint density at radius 2 is 1.82 bits per heavy atom. The molecular formula is C25H23ClN4O2S. The van der Waals surface area contributed by atoms with E-state index < -0.39 is 6.10 Å². The van der Waals surface area contributed by atoms with Crippen LogP contribution in [0.15, 0.2) is 78.2 Å². The summed E-state index contributed by atoms with van der Waals surface area (Å²) in [5, 5.41) is 12.2. The van der Waals surface area contributed by atoms with Crippen molar-refractivity contribution in [2.75, 3.05) is 0 Å². The molecular weight excluding hydrogens is 456 g/mol. The number of hydrogen-bond acceptors (Lipinski definition) is 5. The molecule has 1 atom stereocenters. The topological polar surface area (TPSA) is 72.9 Å². The fourth-order valence-electron chi connectivity index (χ4n) is 3.44. The Labute approximate surface area is 200 Å². The molecule has 33 heavy (non-hydrogen) atoms. The predicted octanol–water partition coefficient (Wildman–Crippen LogP) is 5.13.